The Labute approximate surface area is 171 Å². The SMILES string of the molecule is CC1OC(C(Cc2cnc(Br)s2)N=C(c2ccccc2)c2ccccc2)O1. The molecule has 1 unspecified atom stereocenters. The van der Waals surface area contributed by atoms with E-state index in [0.29, 0.717) is 6.42 Å². The number of thiazole rings is 1. The Balaban J connectivity index is 1.71. The fraction of sp³-hybridized carbons (Fsp3) is 0.238. The number of benzene rings is 2. The quantitative estimate of drug-likeness (QED) is 0.500. The summed E-state index contributed by atoms with van der Waals surface area (Å²) in [6.45, 7) is 1.90. The number of aliphatic imine (C=N–C) groups is 1. The molecule has 1 fully saturated rings. The molecule has 27 heavy (non-hydrogen) atoms. The van der Waals surface area contributed by atoms with Crippen molar-refractivity contribution in [3.05, 3.63) is 86.8 Å². The van der Waals surface area contributed by atoms with E-state index < -0.39 is 0 Å². The monoisotopic (exact) mass is 442 g/mol. The van der Waals surface area contributed by atoms with E-state index in [1.807, 2.05) is 49.5 Å². The first-order chi connectivity index (χ1) is 13.2. The van der Waals surface area contributed by atoms with Gasteiger partial charge in [0.15, 0.2) is 16.5 Å². The van der Waals surface area contributed by atoms with Crippen molar-refractivity contribution in [2.45, 2.75) is 32.0 Å². The predicted octanol–water partition coefficient (Wildman–Crippen LogP) is 5.07. The zero-order chi connectivity index (χ0) is 18.6. The molecule has 138 valence electrons. The lowest BCUT2D eigenvalue weighted by atomic mass is 10.0. The van der Waals surface area contributed by atoms with Gasteiger partial charge >= 0.3 is 0 Å². The molecule has 6 heteroatoms. The van der Waals surface area contributed by atoms with E-state index in [-0.39, 0.29) is 18.6 Å². The van der Waals surface area contributed by atoms with Crippen LogP contribution in [0.4, 0.5) is 0 Å². The van der Waals surface area contributed by atoms with Crippen molar-refractivity contribution in [2.24, 2.45) is 4.99 Å². The van der Waals surface area contributed by atoms with Crippen molar-refractivity contribution in [3.63, 3.8) is 0 Å². The molecule has 2 aromatic carbocycles. The van der Waals surface area contributed by atoms with Gasteiger partial charge in [-0.3, -0.25) is 4.99 Å². The van der Waals surface area contributed by atoms with Gasteiger partial charge in [0.2, 0.25) is 0 Å². The third-order valence-electron chi connectivity index (χ3n) is 4.29. The van der Waals surface area contributed by atoms with E-state index in [0.717, 1.165) is 25.6 Å². The molecular weight excluding hydrogens is 424 g/mol. The van der Waals surface area contributed by atoms with Gasteiger partial charge in [-0.05, 0) is 22.9 Å². The van der Waals surface area contributed by atoms with Gasteiger partial charge in [0.05, 0.1) is 5.71 Å². The third kappa shape index (κ3) is 4.52. The van der Waals surface area contributed by atoms with Crippen LogP contribution in [0.5, 0.6) is 0 Å². The fourth-order valence-electron chi connectivity index (χ4n) is 3.03. The van der Waals surface area contributed by atoms with Crippen molar-refractivity contribution >= 4 is 33.0 Å². The third-order valence-corrected chi connectivity index (χ3v) is 5.79. The Morgan fingerprint density at radius 3 is 2.15 bits per heavy atom. The molecule has 1 aliphatic rings. The Bertz CT molecular complexity index is 867. The summed E-state index contributed by atoms with van der Waals surface area (Å²) in [6, 6.07) is 20.3. The highest BCUT2D eigenvalue weighted by atomic mass is 79.9. The number of halogens is 1. The average Bonchev–Trinajstić information content (AvgIpc) is 3.09. The minimum absolute atomic E-state index is 0.149. The van der Waals surface area contributed by atoms with Crippen LogP contribution >= 0.6 is 27.3 Å². The molecule has 1 aromatic heterocycles. The lowest BCUT2D eigenvalue weighted by Gasteiger charge is -2.37. The van der Waals surface area contributed by atoms with Crippen LogP contribution in [0.1, 0.15) is 22.9 Å². The molecule has 2 heterocycles. The summed E-state index contributed by atoms with van der Waals surface area (Å²) in [5.41, 5.74) is 3.09. The summed E-state index contributed by atoms with van der Waals surface area (Å²) in [5.74, 6) is 0. The summed E-state index contributed by atoms with van der Waals surface area (Å²) in [6.07, 6.45) is 2.06. The van der Waals surface area contributed by atoms with Crippen LogP contribution < -0.4 is 0 Å². The van der Waals surface area contributed by atoms with Crippen molar-refractivity contribution in [1.82, 2.24) is 4.98 Å². The summed E-state index contributed by atoms with van der Waals surface area (Å²) in [5, 5.41) is 0. The first kappa shape index (κ1) is 18.5. The van der Waals surface area contributed by atoms with Crippen LogP contribution in [0.2, 0.25) is 0 Å². The molecule has 0 N–H and O–H groups in total. The Morgan fingerprint density at radius 1 is 1.07 bits per heavy atom. The molecule has 0 aliphatic carbocycles. The molecule has 0 saturated carbocycles. The Kier molecular flexibility index (Phi) is 5.78. The van der Waals surface area contributed by atoms with Crippen LogP contribution in [0.25, 0.3) is 0 Å². The highest BCUT2D eigenvalue weighted by Crippen LogP contribution is 2.28. The van der Waals surface area contributed by atoms with Gasteiger partial charge in [-0.25, -0.2) is 4.98 Å². The van der Waals surface area contributed by atoms with Crippen molar-refractivity contribution in [2.75, 3.05) is 0 Å². The molecule has 1 aliphatic heterocycles. The van der Waals surface area contributed by atoms with Crippen molar-refractivity contribution < 1.29 is 9.47 Å². The van der Waals surface area contributed by atoms with E-state index in [1.54, 1.807) is 11.3 Å². The van der Waals surface area contributed by atoms with E-state index in [2.05, 4.69) is 45.2 Å². The van der Waals surface area contributed by atoms with Crippen LogP contribution in [0.15, 0.2) is 75.8 Å². The second-order valence-corrected chi connectivity index (χ2v) is 8.66. The second-order valence-electron chi connectivity index (χ2n) is 6.27. The maximum Gasteiger partial charge on any atom is 0.186 e. The zero-order valence-corrected chi connectivity index (χ0v) is 17.2. The minimum atomic E-state index is -0.344. The average molecular weight is 443 g/mol. The van der Waals surface area contributed by atoms with E-state index in [9.17, 15) is 0 Å². The summed E-state index contributed by atoms with van der Waals surface area (Å²) in [4.78, 5) is 10.5. The Hall–Kier alpha value is -1.86. The van der Waals surface area contributed by atoms with Crippen molar-refractivity contribution in [3.8, 4) is 0 Å². The van der Waals surface area contributed by atoms with Gasteiger partial charge in [-0.15, -0.1) is 11.3 Å². The van der Waals surface area contributed by atoms with E-state index in [4.69, 9.17) is 14.5 Å². The smallest absolute Gasteiger partial charge is 0.186 e. The first-order valence-electron chi connectivity index (χ1n) is 8.79. The van der Waals surface area contributed by atoms with Gasteiger partial charge in [0, 0.05) is 28.6 Å². The minimum Gasteiger partial charge on any atom is -0.322 e. The number of rotatable bonds is 6. The highest BCUT2D eigenvalue weighted by Gasteiger charge is 2.35. The molecule has 4 nitrogen and oxygen atoms in total. The maximum absolute atomic E-state index is 5.80. The van der Waals surface area contributed by atoms with Crippen LogP contribution in [0, 0.1) is 0 Å². The van der Waals surface area contributed by atoms with Crippen molar-refractivity contribution in [1.29, 1.82) is 0 Å². The molecule has 3 aromatic rings. The van der Waals surface area contributed by atoms with E-state index in [1.165, 1.54) is 0 Å². The largest absolute Gasteiger partial charge is 0.322 e. The molecule has 1 saturated heterocycles. The number of hydrogen-bond acceptors (Lipinski definition) is 5. The molecule has 0 amide bonds. The molecular formula is C21H19BrN2O2S. The second kappa shape index (κ2) is 8.44. The van der Waals surface area contributed by atoms with Crippen LogP contribution in [-0.2, 0) is 15.9 Å². The summed E-state index contributed by atoms with van der Waals surface area (Å²) < 4.78 is 12.5. The lowest BCUT2D eigenvalue weighted by Crippen LogP contribution is -2.47. The number of ether oxygens (including phenoxy) is 2. The Morgan fingerprint density at radius 2 is 1.67 bits per heavy atom. The fourth-order valence-corrected chi connectivity index (χ4v) is 4.44. The topological polar surface area (TPSA) is 43.7 Å². The standard InChI is InChI=1S/C21H19BrN2O2S/c1-14-25-20(26-14)18(12-17-13-23-21(22)27-17)24-19(15-8-4-2-5-9-15)16-10-6-3-7-11-16/h2-11,13-14,18,20H,12H2,1H3. The number of hydrogen-bond donors (Lipinski definition) is 0. The maximum atomic E-state index is 5.80. The van der Waals surface area contributed by atoms with Gasteiger partial charge < -0.3 is 9.47 Å². The van der Waals surface area contributed by atoms with E-state index >= 15 is 0 Å². The summed E-state index contributed by atoms with van der Waals surface area (Å²) >= 11 is 5.05. The molecule has 4 rings (SSSR count). The highest BCUT2D eigenvalue weighted by molar-refractivity contribution is 9.11. The van der Waals surface area contributed by atoms with Gasteiger partial charge in [0.1, 0.15) is 6.04 Å². The molecule has 0 radical (unpaired) electrons. The summed E-state index contributed by atoms with van der Waals surface area (Å²) in [7, 11) is 0. The molecule has 1 atom stereocenters. The molecule has 0 bridgehead atoms. The number of nitrogens with zero attached hydrogens (tertiary/aromatic N) is 2. The lowest BCUT2D eigenvalue weighted by molar-refractivity contribution is -0.381. The van der Waals surface area contributed by atoms with Gasteiger partial charge in [-0.1, -0.05) is 60.7 Å². The van der Waals surface area contributed by atoms with Crippen LogP contribution in [0.3, 0.4) is 0 Å². The van der Waals surface area contributed by atoms with Gasteiger partial charge in [-0.2, -0.15) is 0 Å². The number of aromatic nitrogens is 1. The predicted molar refractivity (Wildman–Crippen MR) is 111 cm³/mol. The molecule has 0 spiro atoms. The zero-order valence-electron chi connectivity index (χ0n) is 14.8. The normalized spacial score (nSPS) is 19.9. The van der Waals surface area contributed by atoms with Gasteiger partial charge in [0.25, 0.3) is 0 Å². The first-order valence-corrected chi connectivity index (χ1v) is 10.4. The van der Waals surface area contributed by atoms with Crippen LogP contribution in [-0.4, -0.2) is 29.3 Å².